The number of thiazole rings is 1. The van der Waals surface area contributed by atoms with Gasteiger partial charge in [0.25, 0.3) is 0 Å². The van der Waals surface area contributed by atoms with Crippen LogP contribution in [0.15, 0.2) is 60.1 Å². The number of rotatable bonds is 3. The van der Waals surface area contributed by atoms with Gasteiger partial charge in [-0.25, -0.2) is 4.98 Å². The van der Waals surface area contributed by atoms with E-state index in [9.17, 15) is 10.1 Å². The highest BCUT2D eigenvalue weighted by molar-refractivity contribution is 7.13. The van der Waals surface area contributed by atoms with Crippen LogP contribution in [0.5, 0.6) is 0 Å². The van der Waals surface area contributed by atoms with Gasteiger partial charge in [0.2, 0.25) is 5.91 Å². The standard InChI is InChI=1S/C21H17N3OS/c1-21(19(25)24-20-23-9-10-26-20)12-16-8-7-14(13-22)11-17(16)18(21)15-5-3-2-4-6-15/h2-11,18H,12H2,1H3,(H,23,24,25)/t18-,21-/m1/s1. The maximum atomic E-state index is 13.2. The molecule has 0 radical (unpaired) electrons. The van der Waals surface area contributed by atoms with E-state index in [1.165, 1.54) is 11.3 Å². The molecule has 2 atom stereocenters. The van der Waals surface area contributed by atoms with E-state index in [-0.39, 0.29) is 11.8 Å². The molecule has 0 fully saturated rings. The molecule has 1 heterocycles. The fourth-order valence-electron chi connectivity index (χ4n) is 3.86. The van der Waals surface area contributed by atoms with Crippen LogP contribution >= 0.6 is 11.3 Å². The summed E-state index contributed by atoms with van der Waals surface area (Å²) in [5.41, 5.74) is 3.23. The van der Waals surface area contributed by atoms with Crippen molar-refractivity contribution in [3.05, 3.63) is 82.4 Å². The highest BCUT2D eigenvalue weighted by Crippen LogP contribution is 2.51. The van der Waals surface area contributed by atoms with E-state index in [0.717, 1.165) is 16.7 Å². The minimum atomic E-state index is -0.649. The normalized spacial score (nSPS) is 21.0. The van der Waals surface area contributed by atoms with E-state index in [1.807, 2.05) is 60.8 Å². The molecule has 5 heteroatoms. The van der Waals surface area contributed by atoms with Crippen LogP contribution < -0.4 is 5.32 Å². The summed E-state index contributed by atoms with van der Waals surface area (Å²) >= 11 is 1.41. The average molecular weight is 359 g/mol. The van der Waals surface area contributed by atoms with Gasteiger partial charge in [-0.2, -0.15) is 5.26 Å². The summed E-state index contributed by atoms with van der Waals surface area (Å²) in [5, 5.41) is 14.7. The zero-order valence-corrected chi connectivity index (χ0v) is 15.1. The van der Waals surface area contributed by atoms with Crippen molar-refractivity contribution in [2.24, 2.45) is 5.41 Å². The minimum Gasteiger partial charge on any atom is -0.301 e. The Morgan fingerprint density at radius 3 is 2.81 bits per heavy atom. The zero-order chi connectivity index (χ0) is 18.1. The molecule has 0 saturated carbocycles. The van der Waals surface area contributed by atoms with Crippen molar-refractivity contribution in [1.29, 1.82) is 5.26 Å². The quantitative estimate of drug-likeness (QED) is 0.756. The lowest BCUT2D eigenvalue weighted by Crippen LogP contribution is -2.37. The molecule has 4 rings (SSSR count). The molecule has 0 bridgehead atoms. The summed E-state index contributed by atoms with van der Waals surface area (Å²) in [5.74, 6) is -0.150. The second-order valence-electron chi connectivity index (χ2n) is 6.75. The van der Waals surface area contributed by atoms with E-state index in [0.29, 0.717) is 17.1 Å². The molecule has 1 aliphatic carbocycles. The van der Waals surface area contributed by atoms with Gasteiger partial charge in [-0.15, -0.1) is 11.3 Å². The van der Waals surface area contributed by atoms with Crippen LogP contribution in [0.2, 0.25) is 0 Å². The van der Waals surface area contributed by atoms with Crippen LogP contribution in [0.4, 0.5) is 5.13 Å². The van der Waals surface area contributed by atoms with E-state index in [2.05, 4.69) is 16.4 Å². The Bertz CT molecular complexity index is 992. The molecule has 128 valence electrons. The van der Waals surface area contributed by atoms with Crippen LogP contribution in [0.25, 0.3) is 0 Å². The van der Waals surface area contributed by atoms with Crippen molar-refractivity contribution in [2.45, 2.75) is 19.3 Å². The first-order chi connectivity index (χ1) is 12.6. The number of hydrogen-bond donors (Lipinski definition) is 1. The van der Waals surface area contributed by atoms with Gasteiger partial charge in [0.15, 0.2) is 5.13 Å². The second kappa shape index (κ2) is 6.40. The molecular formula is C21H17N3OS. The van der Waals surface area contributed by atoms with Gasteiger partial charge >= 0.3 is 0 Å². The molecule has 4 nitrogen and oxygen atoms in total. The fraction of sp³-hybridized carbons (Fsp3) is 0.190. The number of hydrogen-bond acceptors (Lipinski definition) is 4. The Kier molecular flexibility index (Phi) is 4.06. The van der Waals surface area contributed by atoms with Gasteiger partial charge in [0, 0.05) is 17.5 Å². The number of nitriles is 1. The monoisotopic (exact) mass is 359 g/mol. The predicted octanol–water partition coefficient (Wildman–Crippen LogP) is 4.35. The number of fused-ring (bicyclic) bond motifs is 1. The molecule has 0 unspecified atom stereocenters. The summed E-state index contributed by atoms with van der Waals surface area (Å²) in [6, 6.07) is 18.0. The number of benzene rings is 2. The third kappa shape index (κ3) is 2.69. The Morgan fingerprint density at radius 1 is 1.31 bits per heavy atom. The van der Waals surface area contributed by atoms with Crippen LogP contribution in [0, 0.1) is 16.7 Å². The molecule has 1 aromatic heterocycles. The van der Waals surface area contributed by atoms with Crippen molar-refractivity contribution in [1.82, 2.24) is 4.98 Å². The summed E-state index contributed by atoms with van der Waals surface area (Å²) in [6.45, 7) is 2.00. The highest BCUT2D eigenvalue weighted by Gasteiger charge is 2.48. The van der Waals surface area contributed by atoms with Crippen molar-refractivity contribution < 1.29 is 4.79 Å². The molecule has 26 heavy (non-hydrogen) atoms. The number of aromatic nitrogens is 1. The Hall–Kier alpha value is -2.97. The molecule has 0 aliphatic heterocycles. The van der Waals surface area contributed by atoms with Gasteiger partial charge < -0.3 is 5.32 Å². The van der Waals surface area contributed by atoms with Gasteiger partial charge in [-0.1, -0.05) is 36.4 Å². The van der Waals surface area contributed by atoms with Crippen molar-refractivity contribution in [2.75, 3.05) is 5.32 Å². The predicted molar refractivity (Wildman–Crippen MR) is 102 cm³/mol. The van der Waals surface area contributed by atoms with E-state index in [1.54, 1.807) is 6.20 Å². The maximum Gasteiger partial charge on any atom is 0.233 e. The lowest BCUT2D eigenvalue weighted by Gasteiger charge is -2.31. The lowest BCUT2D eigenvalue weighted by molar-refractivity contribution is -0.125. The van der Waals surface area contributed by atoms with Crippen LogP contribution in [-0.2, 0) is 11.2 Å². The Labute approximate surface area is 156 Å². The Morgan fingerprint density at radius 2 is 2.12 bits per heavy atom. The summed E-state index contributed by atoms with van der Waals surface area (Å²) in [7, 11) is 0. The molecule has 0 spiro atoms. The number of amides is 1. The van der Waals surface area contributed by atoms with E-state index in [4.69, 9.17) is 0 Å². The Balaban J connectivity index is 1.81. The van der Waals surface area contributed by atoms with Crippen LogP contribution in [-0.4, -0.2) is 10.9 Å². The zero-order valence-electron chi connectivity index (χ0n) is 14.3. The van der Waals surface area contributed by atoms with Crippen molar-refractivity contribution >= 4 is 22.4 Å². The number of carbonyl (C=O) groups excluding carboxylic acids is 1. The van der Waals surface area contributed by atoms with E-state index < -0.39 is 5.41 Å². The first-order valence-electron chi connectivity index (χ1n) is 8.40. The van der Waals surface area contributed by atoms with E-state index >= 15 is 0 Å². The van der Waals surface area contributed by atoms with Crippen LogP contribution in [0.3, 0.4) is 0 Å². The van der Waals surface area contributed by atoms with Crippen LogP contribution in [0.1, 0.15) is 35.1 Å². The number of anilines is 1. The topological polar surface area (TPSA) is 65.8 Å². The number of carbonyl (C=O) groups is 1. The molecule has 1 aliphatic rings. The molecular weight excluding hydrogens is 342 g/mol. The lowest BCUT2D eigenvalue weighted by atomic mass is 9.73. The average Bonchev–Trinajstić information content (AvgIpc) is 3.27. The molecule has 1 amide bonds. The number of nitrogens with one attached hydrogen (secondary N) is 1. The highest BCUT2D eigenvalue weighted by atomic mass is 32.1. The van der Waals surface area contributed by atoms with Crippen molar-refractivity contribution in [3.8, 4) is 6.07 Å². The summed E-state index contributed by atoms with van der Waals surface area (Å²) in [4.78, 5) is 17.4. The first kappa shape index (κ1) is 16.5. The second-order valence-corrected chi connectivity index (χ2v) is 7.65. The molecule has 2 aromatic carbocycles. The fourth-order valence-corrected chi connectivity index (χ4v) is 4.39. The number of nitrogens with zero attached hydrogens (tertiary/aromatic N) is 2. The molecule has 0 saturated heterocycles. The van der Waals surface area contributed by atoms with Crippen molar-refractivity contribution in [3.63, 3.8) is 0 Å². The third-order valence-electron chi connectivity index (χ3n) is 5.09. The molecule has 3 aromatic rings. The maximum absolute atomic E-state index is 13.2. The van der Waals surface area contributed by atoms with Gasteiger partial charge in [-0.05, 0) is 42.2 Å². The first-order valence-corrected chi connectivity index (χ1v) is 9.28. The smallest absolute Gasteiger partial charge is 0.233 e. The van der Waals surface area contributed by atoms with Gasteiger partial charge in [0.1, 0.15) is 0 Å². The van der Waals surface area contributed by atoms with Gasteiger partial charge in [-0.3, -0.25) is 4.79 Å². The summed E-state index contributed by atoms with van der Waals surface area (Å²) < 4.78 is 0. The third-order valence-corrected chi connectivity index (χ3v) is 5.77. The van der Waals surface area contributed by atoms with Gasteiger partial charge in [0.05, 0.1) is 17.0 Å². The largest absolute Gasteiger partial charge is 0.301 e. The summed E-state index contributed by atoms with van der Waals surface area (Å²) in [6.07, 6.45) is 2.31. The SMILES string of the molecule is C[C@@]1(C(=O)Nc2nccs2)Cc2ccc(C#N)cc2[C@H]1c1ccccc1. The minimum absolute atomic E-state index is 0.0454. The molecule has 1 N–H and O–H groups in total.